The van der Waals surface area contributed by atoms with E-state index in [1.165, 1.54) is 5.56 Å². The molecule has 1 aromatic carbocycles. The molecule has 1 aromatic rings. The Hall–Kier alpha value is -1.84. The molecule has 1 amide bonds. The minimum Gasteiger partial charge on any atom is -0.338 e. The third kappa shape index (κ3) is 2.09. The predicted octanol–water partition coefficient (Wildman–Crippen LogP) is 2.06. The number of nitrogens with one attached hydrogen (secondary N) is 2. The van der Waals surface area contributed by atoms with Gasteiger partial charge in [0.2, 0.25) is 0 Å². The van der Waals surface area contributed by atoms with E-state index in [9.17, 15) is 4.79 Å². The van der Waals surface area contributed by atoms with E-state index in [1.54, 1.807) is 0 Å². The van der Waals surface area contributed by atoms with Crippen LogP contribution in [0.15, 0.2) is 17.1 Å². The number of carbonyl (C=O) groups excluding carboxylic acids is 1. The average Bonchev–Trinajstić information content (AvgIpc) is 3.05. The molecule has 4 nitrogen and oxygen atoms in total. The van der Waals surface area contributed by atoms with Crippen molar-refractivity contribution in [3.05, 3.63) is 34.4 Å². The van der Waals surface area contributed by atoms with E-state index >= 15 is 0 Å². The highest BCUT2D eigenvalue weighted by Crippen LogP contribution is 2.32. The average molecular weight is 271 g/mol. The molecular weight excluding hydrogens is 250 g/mol. The van der Waals surface area contributed by atoms with Gasteiger partial charge < -0.3 is 5.32 Å². The molecule has 0 spiro atoms. The van der Waals surface area contributed by atoms with Crippen molar-refractivity contribution in [2.24, 2.45) is 4.99 Å². The van der Waals surface area contributed by atoms with Gasteiger partial charge in [-0.05, 0) is 57.2 Å². The lowest BCUT2D eigenvalue weighted by atomic mass is 9.84. The fourth-order valence-electron chi connectivity index (χ4n) is 3.15. The minimum absolute atomic E-state index is 0.0213. The van der Waals surface area contributed by atoms with Gasteiger partial charge in [0.1, 0.15) is 5.54 Å². The van der Waals surface area contributed by atoms with Crippen molar-refractivity contribution in [1.82, 2.24) is 10.6 Å². The Bertz CT molecular complexity index is 593. The van der Waals surface area contributed by atoms with Crippen molar-refractivity contribution >= 4 is 11.9 Å². The zero-order valence-corrected chi connectivity index (χ0v) is 12.5. The first-order chi connectivity index (χ1) is 9.40. The maximum Gasteiger partial charge on any atom is 0.256 e. The van der Waals surface area contributed by atoms with E-state index in [2.05, 4.69) is 48.5 Å². The molecule has 1 heterocycles. The second-order valence-corrected chi connectivity index (χ2v) is 6.19. The van der Waals surface area contributed by atoms with Crippen molar-refractivity contribution in [2.75, 3.05) is 0 Å². The fourth-order valence-corrected chi connectivity index (χ4v) is 3.15. The molecule has 0 aromatic heterocycles. The Kier molecular flexibility index (Phi) is 2.85. The molecule has 1 saturated carbocycles. The van der Waals surface area contributed by atoms with Gasteiger partial charge in [0, 0.05) is 0 Å². The summed E-state index contributed by atoms with van der Waals surface area (Å²) >= 11 is 0. The molecule has 2 aliphatic rings. The third-order valence-electron chi connectivity index (χ3n) is 4.09. The van der Waals surface area contributed by atoms with Gasteiger partial charge in [0.25, 0.3) is 5.91 Å². The van der Waals surface area contributed by atoms with Gasteiger partial charge >= 0.3 is 0 Å². The van der Waals surface area contributed by atoms with Crippen LogP contribution in [0.4, 0.5) is 0 Å². The topological polar surface area (TPSA) is 53.5 Å². The summed E-state index contributed by atoms with van der Waals surface area (Å²) in [5, 5.41) is 6.18. The normalized spacial score (nSPS) is 27.6. The molecule has 3 rings (SSSR count). The summed E-state index contributed by atoms with van der Waals surface area (Å²) in [6.07, 6.45) is 2.25. The summed E-state index contributed by atoms with van der Waals surface area (Å²) < 4.78 is 0. The smallest absolute Gasteiger partial charge is 0.256 e. The van der Waals surface area contributed by atoms with E-state index in [0.717, 1.165) is 29.5 Å². The number of aliphatic imine (C=N–C) groups is 1. The van der Waals surface area contributed by atoms with Crippen molar-refractivity contribution < 1.29 is 4.79 Å². The highest BCUT2D eigenvalue weighted by molar-refractivity contribution is 6.09. The van der Waals surface area contributed by atoms with E-state index in [-0.39, 0.29) is 5.91 Å². The Balaban J connectivity index is 2.02. The number of benzene rings is 1. The monoisotopic (exact) mass is 271 g/mol. The third-order valence-corrected chi connectivity index (χ3v) is 4.09. The SMILES string of the molecule is Cc1cc(C)c(C2(C)NC(=NC3CC3)NC2=O)c(C)c1. The molecule has 1 aliphatic carbocycles. The van der Waals surface area contributed by atoms with Gasteiger partial charge in [-0.3, -0.25) is 10.1 Å². The Labute approximate surface area is 119 Å². The van der Waals surface area contributed by atoms with Crippen LogP contribution < -0.4 is 10.6 Å². The van der Waals surface area contributed by atoms with E-state index < -0.39 is 5.54 Å². The van der Waals surface area contributed by atoms with E-state index in [4.69, 9.17) is 0 Å². The van der Waals surface area contributed by atoms with E-state index in [1.807, 2.05) is 6.92 Å². The first kappa shape index (κ1) is 13.2. The lowest BCUT2D eigenvalue weighted by Gasteiger charge is -2.26. The van der Waals surface area contributed by atoms with Gasteiger partial charge in [0.15, 0.2) is 5.96 Å². The minimum atomic E-state index is -0.727. The molecule has 1 aliphatic heterocycles. The van der Waals surface area contributed by atoms with Crippen molar-refractivity contribution in [1.29, 1.82) is 0 Å². The molecule has 4 heteroatoms. The molecule has 1 saturated heterocycles. The zero-order chi connectivity index (χ0) is 14.5. The standard InChI is InChI=1S/C16H21N3O/c1-9-7-10(2)13(11(3)8-9)16(4)14(20)18-15(19-16)17-12-5-6-12/h7-8,12H,5-6H2,1-4H3,(H2,17,18,19,20). The van der Waals surface area contributed by atoms with Crippen molar-refractivity contribution in [2.45, 2.75) is 52.1 Å². The van der Waals surface area contributed by atoms with Gasteiger partial charge in [-0.25, -0.2) is 4.99 Å². The van der Waals surface area contributed by atoms with Crippen LogP contribution in [0.5, 0.6) is 0 Å². The summed E-state index contributed by atoms with van der Waals surface area (Å²) in [7, 11) is 0. The van der Waals surface area contributed by atoms with Crippen LogP contribution >= 0.6 is 0 Å². The summed E-state index contributed by atoms with van der Waals surface area (Å²) in [5.41, 5.74) is 3.83. The first-order valence-corrected chi connectivity index (χ1v) is 7.16. The van der Waals surface area contributed by atoms with Gasteiger partial charge in [-0.1, -0.05) is 17.7 Å². The molecule has 1 atom stereocenters. The maximum absolute atomic E-state index is 12.4. The van der Waals surface area contributed by atoms with Crippen molar-refractivity contribution in [3.63, 3.8) is 0 Å². The summed E-state index contributed by atoms with van der Waals surface area (Å²) in [4.78, 5) is 17.0. The molecule has 2 fully saturated rings. The zero-order valence-electron chi connectivity index (χ0n) is 12.5. The molecule has 1 unspecified atom stereocenters. The molecule has 20 heavy (non-hydrogen) atoms. The number of guanidine groups is 1. The van der Waals surface area contributed by atoms with Crippen LogP contribution in [-0.2, 0) is 10.3 Å². The number of hydrogen-bond donors (Lipinski definition) is 2. The Morgan fingerprint density at radius 3 is 2.35 bits per heavy atom. The summed E-state index contributed by atoms with van der Waals surface area (Å²) in [5.74, 6) is 0.603. The van der Waals surface area contributed by atoms with E-state index in [0.29, 0.717) is 12.0 Å². The molecular formula is C16H21N3O. The number of nitrogens with zero attached hydrogens (tertiary/aromatic N) is 1. The van der Waals surface area contributed by atoms with Gasteiger partial charge in [-0.15, -0.1) is 0 Å². The van der Waals surface area contributed by atoms with Crippen LogP contribution in [0.2, 0.25) is 0 Å². The maximum atomic E-state index is 12.4. The predicted molar refractivity (Wildman–Crippen MR) is 79.7 cm³/mol. The summed E-state index contributed by atoms with van der Waals surface area (Å²) in [6.45, 7) is 8.13. The largest absolute Gasteiger partial charge is 0.338 e. The summed E-state index contributed by atoms with van der Waals surface area (Å²) in [6, 6.07) is 4.64. The molecule has 0 bridgehead atoms. The van der Waals surface area contributed by atoms with Gasteiger partial charge in [0.05, 0.1) is 6.04 Å². The second-order valence-electron chi connectivity index (χ2n) is 6.19. The quantitative estimate of drug-likeness (QED) is 0.865. The number of rotatable bonds is 2. The number of hydrogen-bond acceptors (Lipinski definition) is 2. The highest BCUT2D eigenvalue weighted by atomic mass is 16.2. The molecule has 0 radical (unpaired) electrons. The van der Waals surface area contributed by atoms with Crippen LogP contribution in [0.1, 0.15) is 42.0 Å². The number of carbonyl (C=O) groups is 1. The fraction of sp³-hybridized carbons (Fsp3) is 0.500. The van der Waals surface area contributed by atoms with Crippen LogP contribution in [0.3, 0.4) is 0 Å². The van der Waals surface area contributed by atoms with Crippen LogP contribution in [0, 0.1) is 20.8 Å². The molecule has 106 valence electrons. The second kappa shape index (κ2) is 4.33. The number of amides is 1. The van der Waals surface area contributed by atoms with Crippen LogP contribution in [-0.4, -0.2) is 17.9 Å². The lowest BCUT2D eigenvalue weighted by Crippen LogP contribution is -2.42. The highest BCUT2D eigenvalue weighted by Gasteiger charge is 2.44. The van der Waals surface area contributed by atoms with Crippen molar-refractivity contribution in [3.8, 4) is 0 Å². The number of aryl methyl sites for hydroxylation is 3. The molecule has 2 N–H and O–H groups in total. The van der Waals surface area contributed by atoms with Gasteiger partial charge in [-0.2, -0.15) is 0 Å². The Morgan fingerprint density at radius 1 is 1.20 bits per heavy atom. The Morgan fingerprint density at radius 2 is 1.80 bits per heavy atom. The first-order valence-electron chi connectivity index (χ1n) is 7.16. The lowest BCUT2D eigenvalue weighted by molar-refractivity contribution is -0.123. The van der Waals surface area contributed by atoms with Crippen LogP contribution in [0.25, 0.3) is 0 Å².